The molecule has 1 unspecified atom stereocenters. The molecule has 1 atom stereocenters. The molecule has 3 N–H and O–H groups in total. The molecule has 0 radical (unpaired) electrons. The summed E-state index contributed by atoms with van der Waals surface area (Å²) in [6, 6.07) is -0.0826. The molecule has 0 aliphatic carbocycles. The summed E-state index contributed by atoms with van der Waals surface area (Å²) >= 11 is 0. The third-order valence-electron chi connectivity index (χ3n) is 1.96. The molecule has 0 aromatic carbocycles. The predicted molar refractivity (Wildman–Crippen MR) is 50.7 cm³/mol. The first-order valence-electron chi connectivity index (χ1n) is 4.01. The lowest BCUT2D eigenvalue weighted by atomic mass is 9.96. The predicted octanol–water partition coefficient (Wildman–Crippen LogP) is 0.804. The number of nitrogens with one attached hydrogen (secondary N) is 1. The van der Waals surface area contributed by atoms with Gasteiger partial charge in [0.25, 0.3) is 0 Å². The highest BCUT2D eigenvalue weighted by Gasteiger charge is 2.24. The lowest BCUT2D eigenvalue weighted by Gasteiger charge is -2.30. The highest BCUT2D eigenvalue weighted by Crippen LogP contribution is 2.06. The number of carbonyl (C=O) groups is 1. The van der Waals surface area contributed by atoms with Gasteiger partial charge in [-0.3, -0.25) is 4.79 Å². The first kappa shape index (κ1) is 11.2. The van der Waals surface area contributed by atoms with Crippen molar-refractivity contribution >= 4 is 5.91 Å². The van der Waals surface area contributed by atoms with E-state index in [1.165, 1.54) is 0 Å². The van der Waals surface area contributed by atoms with Gasteiger partial charge in [-0.15, -0.1) is 0 Å². The number of nitrogens with two attached hydrogens (primary N) is 1. The average Bonchev–Trinajstić information content (AvgIpc) is 1.85. The van der Waals surface area contributed by atoms with Crippen LogP contribution in [0.3, 0.4) is 0 Å². The summed E-state index contributed by atoms with van der Waals surface area (Å²) in [4.78, 5) is 11.2. The molecular weight excluding hydrogens is 152 g/mol. The highest BCUT2D eigenvalue weighted by atomic mass is 16.1. The van der Waals surface area contributed by atoms with Gasteiger partial charge >= 0.3 is 0 Å². The third kappa shape index (κ3) is 3.05. The summed E-state index contributed by atoms with van der Waals surface area (Å²) in [7, 11) is 0. The Balaban J connectivity index is 4.25. The van der Waals surface area contributed by atoms with Crippen LogP contribution in [0.4, 0.5) is 0 Å². The zero-order valence-electron chi connectivity index (χ0n) is 8.27. The van der Waals surface area contributed by atoms with Gasteiger partial charge in [0.1, 0.15) is 0 Å². The standard InChI is InChI=1S/C9H18N2O/c1-6(2)8(12)11-9(4,5)7(3)10/h7H,1,10H2,2-5H3,(H,11,12). The van der Waals surface area contributed by atoms with Gasteiger partial charge in [0.2, 0.25) is 5.91 Å². The van der Waals surface area contributed by atoms with Crippen LogP contribution in [0.1, 0.15) is 27.7 Å². The maximum Gasteiger partial charge on any atom is 0.246 e. The molecule has 0 bridgehead atoms. The van der Waals surface area contributed by atoms with Crippen molar-refractivity contribution < 1.29 is 4.79 Å². The largest absolute Gasteiger partial charge is 0.346 e. The first-order valence-corrected chi connectivity index (χ1v) is 4.01. The van der Waals surface area contributed by atoms with Crippen LogP contribution < -0.4 is 11.1 Å². The Morgan fingerprint density at radius 3 is 2.25 bits per heavy atom. The SMILES string of the molecule is C=C(C)C(=O)NC(C)(C)C(C)N. The summed E-state index contributed by atoms with van der Waals surface area (Å²) in [5.41, 5.74) is 5.80. The Morgan fingerprint density at radius 1 is 1.58 bits per heavy atom. The zero-order chi connectivity index (χ0) is 9.94. The summed E-state index contributed by atoms with van der Waals surface area (Å²) in [6.45, 7) is 10.9. The molecule has 0 saturated carbocycles. The van der Waals surface area contributed by atoms with Gasteiger partial charge in [-0.05, 0) is 27.7 Å². The first-order chi connectivity index (χ1) is 5.27. The molecular formula is C9H18N2O. The van der Waals surface area contributed by atoms with Gasteiger partial charge in [-0.2, -0.15) is 0 Å². The molecule has 0 fully saturated rings. The van der Waals surface area contributed by atoms with Gasteiger partial charge in [-0.25, -0.2) is 0 Å². The van der Waals surface area contributed by atoms with E-state index < -0.39 is 0 Å². The van der Waals surface area contributed by atoms with Crippen molar-refractivity contribution in [3.8, 4) is 0 Å². The van der Waals surface area contributed by atoms with Crippen molar-refractivity contribution in [2.75, 3.05) is 0 Å². The van der Waals surface area contributed by atoms with Crippen LogP contribution in [0.2, 0.25) is 0 Å². The van der Waals surface area contributed by atoms with Crippen LogP contribution in [0.5, 0.6) is 0 Å². The molecule has 0 spiro atoms. The number of rotatable bonds is 3. The van der Waals surface area contributed by atoms with E-state index >= 15 is 0 Å². The molecule has 0 rings (SSSR count). The minimum absolute atomic E-state index is 0.0826. The van der Waals surface area contributed by atoms with Crippen molar-refractivity contribution in [3.63, 3.8) is 0 Å². The van der Waals surface area contributed by atoms with Crippen LogP contribution in [0, 0.1) is 0 Å². The fourth-order valence-electron chi connectivity index (χ4n) is 0.513. The fraction of sp³-hybridized carbons (Fsp3) is 0.667. The number of hydrogen-bond acceptors (Lipinski definition) is 2. The van der Waals surface area contributed by atoms with Gasteiger partial charge in [0.05, 0.1) is 0 Å². The van der Waals surface area contributed by atoms with Crippen LogP contribution in [0.25, 0.3) is 0 Å². The maximum atomic E-state index is 11.2. The lowest BCUT2D eigenvalue weighted by Crippen LogP contribution is -2.54. The summed E-state index contributed by atoms with van der Waals surface area (Å²) in [6.07, 6.45) is 0. The Kier molecular flexibility index (Phi) is 3.46. The minimum Gasteiger partial charge on any atom is -0.346 e. The lowest BCUT2D eigenvalue weighted by molar-refractivity contribution is -0.119. The quantitative estimate of drug-likeness (QED) is 0.616. The number of carbonyl (C=O) groups excluding carboxylic acids is 1. The van der Waals surface area contributed by atoms with E-state index in [4.69, 9.17) is 5.73 Å². The topological polar surface area (TPSA) is 55.1 Å². The number of amides is 1. The van der Waals surface area contributed by atoms with E-state index in [-0.39, 0.29) is 17.5 Å². The van der Waals surface area contributed by atoms with Crippen molar-refractivity contribution in [1.82, 2.24) is 5.32 Å². The Labute approximate surface area is 74.0 Å². The summed E-state index contributed by atoms with van der Waals surface area (Å²) < 4.78 is 0. The second-order valence-electron chi connectivity index (χ2n) is 3.74. The van der Waals surface area contributed by atoms with Gasteiger partial charge in [-0.1, -0.05) is 6.58 Å². The Hall–Kier alpha value is -0.830. The molecule has 12 heavy (non-hydrogen) atoms. The molecule has 0 aliphatic heterocycles. The second-order valence-corrected chi connectivity index (χ2v) is 3.74. The molecule has 0 aliphatic rings. The highest BCUT2D eigenvalue weighted by molar-refractivity contribution is 5.92. The normalized spacial score (nSPS) is 13.8. The Morgan fingerprint density at radius 2 is 2.00 bits per heavy atom. The van der Waals surface area contributed by atoms with Crippen LogP contribution in [-0.4, -0.2) is 17.5 Å². The smallest absolute Gasteiger partial charge is 0.246 e. The van der Waals surface area contributed by atoms with Gasteiger partial charge < -0.3 is 11.1 Å². The summed E-state index contributed by atoms with van der Waals surface area (Å²) in [5.74, 6) is -0.141. The van der Waals surface area contributed by atoms with Crippen LogP contribution >= 0.6 is 0 Å². The fourth-order valence-corrected chi connectivity index (χ4v) is 0.513. The van der Waals surface area contributed by atoms with Crippen molar-refractivity contribution in [3.05, 3.63) is 12.2 Å². The molecule has 3 heteroatoms. The zero-order valence-corrected chi connectivity index (χ0v) is 8.27. The Bertz CT molecular complexity index is 195. The minimum atomic E-state index is -0.379. The number of hydrogen-bond donors (Lipinski definition) is 2. The molecule has 0 heterocycles. The monoisotopic (exact) mass is 170 g/mol. The molecule has 70 valence electrons. The summed E-state index contributed by atoms with van der Waals surface area (Å²) in [5, 5.41) is 2.79. The van der Waals surface area contributed by atoms with E-state index in [1.807, 2.05) is 20.8 Å². The maximum absolute atomic E-state index is 11.2. The van der Waals surface area contributed by atoms with Gasteiger partial charge in [0, 0.05) is 17.2 Å². The van der Waals surface area contributed by atoms with Crippen LogP contribution in [-0.2, 0) is 4.79 Å². The molecule has 1 amide bonds. The van der Waals surface area contributed by atoms with Crippen molar-refractivity contribution in [1.29, 1.82) is 0 Å². The van der Waals surface area contributed by atoms with E-state index in [1.54, 1.807) is 6.92 Å². The molecule has 3 nitrogen and oxygen atoms in total. The van der Waals surface area contributed by atoms with E-state index in [2.05, 4.69) is 11.9 Å². The van der Waals surface area contributed by atoms with Crippen molar-refractivity contribution in [2.24, 2.45) is 5.73 Å². The third-order valence-corrected chi connectivity index (χ3v) is 1.96. The molecule has 0 aromatic heterocycles. The molecule has 0 aromatic rings. The van der Waals surface area contributed by atoms with Gasteiger partial charge in [0.15, 0.2) is 0 Å². The van der Waals surface area contributed by atoms with E-state index in [0.29, 0.717) is 5.57 Å². The molecule has 0 saturated heterocycles. The average molecular weight is 170 g/mol. The van der Waals surface area contributed by atoms with Crippen molar-refractivity contribution in [2.45, 2.75) is 39.3 Å². The van der Waals surface area contributed by atoms with Crippen LogP contribution in [0.15, 0.2) is 12.2 Å². The second kappa shape index (κ2) is 3.72. The van der Waals surface area contributed by atoms with E-state index in [9.17, 15) is 4.79 Å². The van der Waals surface area contributed by atoms with E-state index in [0.717, 1.165) is 0 Å².